The van der Waals surface area contributed by atoms with Crippen molar-refractivity contribution in [3.63, 3.8) is 0 Å². The second-order valence-corrected chi connectivity index (χ2v) is 13.1. The predicted molar refractivity (Wildman–Crippen MR) is 183 cm³/mol. The highest BCUT2D eigenvalue weighted by atomic mass is 16.5. The quantitative estimate of drug-likeness (QED) is 0.363. The molecule has 3 aliphatic heterocycles. The van der Waals surface area contributed by atoms with Crippen LogP contribution in [-0.2, 0) is 35.5 Å². The summed E-state index contributed by atoms with van der Waals surface area (Å²) in [5.41, 5.74) is 9.79. The Bertz CT molecular complexity index is 1590. The lowest BCUT2D eigenvalue weighted by Gasteiger charge is -2.37. The van der Waals surface area contributed by atoms with Gasteiger partial charge in [-0.3, -0.25) is 14.5 Å². The Kier molecular flexibility index (Phi) is 10.2. The molecule has 9 heteroatoms. The first-order valence-electron chi connectivity index (χ1n) is 16.9. The number of aryl methyl sites for hydroxylation is 1. The fraction of sp³-hybridized carbons (Fsp3) is 0.514. The van der Waals surface area contributed by atoms with Crippen LogP contribution in [0.1, 0.15) is 63.6 Å². The number of H-pyrrole nitrogens is 1. The molecule has 6 rings (SSSR count). The van der Waals surface area contributed by atoms with Gasteiger partial charge in [-0.1, -0.05) is 24.3 Å². The smallest absolute Gasteiger partial charge is 0.253 e. The number of fused-ring (bicyclic) bond motifs is 1. The zero-order valence-electron chi connectivity index (χ0n) is 27.9. The number of anilines is 1. The average molecular weight is 628 g/mol. The second-order valence-electron chi connectivity index (χ2n) is 13.1. The number of likely N-dealkylation sites (N-methyl/N-ethyl adjacent to an activating group) is 1. The number of rotatable bonds is 9. The van der Waals surface area contributed by atoms with Gasteiger partial charge in [0.1, 0.15) is 0 Å². The third-order valence-corrected chi connectivity index (χ3v) is 10.1. The molecule has 2 N–H and O–H groups in total. The topological polar surface area (TPSA) is 90.1 Å². The number of benzene rings is 2. The van der Waals surface area contributed by atoms with Gasteiger partial charge in [0.15, 0.2) is 0 Å². The van der Waals surface area contributed by atoms with Gasteiger partial charge >= 0.3 is 0 Å². The maximum Gasteiger partial charge on any atom is 0.253 e. The fourth-order valence-corrected chi connectivity index (χ4v) is 7.33. The number of morpholine rings is 1. The molecule has 3 aromatic rings. The lowest BCUT2D eigenvalue weighted by atomic mass is 9.93. The summed E-state index contributed by atoms with van der Waals surface area (Å²) in [7, 11) is 2.10. The number of carbonyl (C=O) groups excluding carboxylic acids is 1. The first-order valence-corrected chi connectivity index (χ1v) is 16.9. The summed E-state index contributed by atoms with van der Waals surface area (Å²) in [6.45, 7) is 14.8. The molecule has 0 radical (unpaired) electrons. The van der Waals surface area contributed by atoms with E-state index in [1.54, 1.807) is 0 Å². The number of ether oxygens (including phenoxy) is 2. The van der Waals surface area contributed by atoms with E-state index in [0.717, 1.165) is 119 Å². The fourth-order valence-electron chi connectivity index (χ4n) is 7.33. The van der Waals surface area contributed by atoms with Gasteiger partial charge in [-0.2, -0.15) is 0 Å². The van der Waals surface area contributed by atoms with Crippen molar-refractivity contribution in [2.75, 3.05) is 64.6 Å². The molecule has 2 fully saturated rings. The zero-order chi connectivity index (χ0) is 32.2. The summed E-state index contributed by atoms with van der Waals surface area (Å²) < 4.78 is 11.2. The van der Waals surface area contributed by atoms with Crippen LogP contribution >= 0.6 is 0 Å². The van der Waals surface area contributed by atoms with E-state index in [4.69, 9.17) is 9.47 Å². The summed E-state index contributed by atoms with van der Waals surface area (Å²) in [6, 6.07) is 13.4. The first kappa shape index (κ1) is 32.4. The van der Waals surface area contributed by atoms with Gasteiger partial charge in [-0.15, -0.1) is 0 Å². The van der Waals surface area contributed by atoms with E-state index in [1.807, 2.05) is 13.0 Å². The van der Waals surface area contributed by atoms with Crippen molar-refractivity contribution in [2.45, 2.75) is 65.7 Å². The van der Waals surface area contributed by atoms with Crippen molar-refractivity contribution < 1.29 is 14.3 Å². The van der Waals surface area contributed by atoms with E-state index in [2.05, 4.69) is 76.2 Å². The Morgan fingerprint density at radius 2 is 1.70 bits per heavy atom. The molecule has 0 atom stereocenters. The molecule has 0 bridgehead atoms. The van der Waals surface area contributed by atoms with Gasteiger partial charge in [0.25, 0.3) is 11.5 Å². The Morgan fingerprint density at radius 1 is 0.978 bits per heavy atom. The highest BCUT2D eigenvalue weighted by Crippen LogP contribution is 2.34. The van der Waals surface area contributed by atoms with Crippen LogP contribution in [-0.4, -0.2) is 86.4 Å². The lowest BCUT2D eigenvalue weighted by Crippen LogP contribution is -2.40. The molecule has 2 aromatic carbocycles. The summed E-state index contributed by atoms with van der Waals surface area (Å²) in [5, 5.41) is 3.15. The summed E-state index contributed by atoms with van der Waals surface area (Å²) in [4.78, 5) is 37.3. The molecule has 246 valence electrons. The molecular formula is C37H49N5O4. The highest BCUT2D eigenvalue weighted by Gasteiger charge is 2.26. The Labute approximate surface area is 272 Å². The van der Waals surface area contributed by atoms with Crippen molar-refractivity contribution in [3.8, 4) is 11.1 Å². The van der Waals surface area contributed by atoms with Gasteiger partial charge in [-0.25, -0.2) is 0 Å². The minimum absolute atomic E-state index is 0.110. The highest BCUT2D eigenvalue weighted by molar-refractivity contribution is 5.99. The van der Waals surface area contributed by atoms with Crippen molar-refractivity contribution in [1.29, 1.82) is 0 Å². The lowest BCUT2D eigenvalue weighted by molar-refractivity contribution is 0.0342. The molecule has 0 spiro atoms. The van der Waals surface area contributed by atoms with Crippen molar-refractivity contribution in [2.24, 2.45) is 0 Å². The van der Waals surface area contributed by atoms with Gasteiger partial charge < -0.3 is 29.6 Å². The van der Waals surface area contributed by atoms with Gasteiger partial charge in [0.2, 0.25) is 0 Å². The van der Waals surface area contributed by atoms with E-state index >= 15 is 0 Å². The number of hydrogen-bond acceptors (Lipinski definition) is 7. The maximum absolute atomic E-state index is 14.0. The van der Waals surface area contributed by atoms with Crippen molar-refractivity contribution >= 4 is 11.6 Å². The molecule has 1 amide bonds. The Hall–Kier alpha value is -3.50. The normalized spacial score (nSPS) is 17.9. The Balaban J connectivity index is 1.31. The first-order chi connectivity index (χ1) is 22.3. The predicted octanol–water partition coefficient (Wildman–Crippen LogP) is 4.41. The standard InChI is InChI=1S/C37H49N5O4/c1-5-42(30-11-16-45-17-12-30)35-21-29(28-8-6-27(7-9-28)23-41-14-18-46-19-15-41)20-32(25(35)2)36(43)38-22-33-31-10-13-40(4)24-34(31)26(3)39-37(33)44/h6-9,20-21,30H,5,10-19,22-24H2,1-4H3,(H,38,43)(H,39,44). The number of aromatic amines is 1. The number of hydrogen-bond donors (Lipinski definition) is 2. The number of carbonyl (C=O) groups is 1. The molecule has 9 nitrogen and oxygen atoms in total. The van der Waals surface area contributed by atoms with Crippen molar-refractivity contribution in [1.82, 2.24) is 20.1 Å². The molecule has 0 aliphatic carbocycles. The molecule has 46 heavy (non-hydrogen) atoms. The molecule has 0 saturated carbocycles. The average Bonchev–Trinajstić information content (AvgIpc) is 3.07. The minimum Gasteiger partial charge on any atom is -0.381 e. The van der Waals surface area contributed by atoms with E-state index in [9.17, 15) is 9.59 Å². The van der Waals surface area contributed by atoms with E-state index < -0.39 is 0 Å². The van der Waals surface area contributed by atoms with Gasteiger partial charge in [0, 0.05) is 87.6 Å². The summed E-state index contributed by atoms with van der Waals surface area (Å²) >= 11 is 0. The number of pyridine rings is 1. The maximum atomic E-state index is 14.0. The summed E-state index contributed by atoms with van der Waals surface area (Å²) in [5.74, 6) is -0.158. The van der Waals surface area contributed by atoms with Gasteiger partial charge in [0.05, 0.1) is 13.2 Å². The van der Waals surface area contributed by atoms with E-state index in [1.165, 1.54) is 11.1 Å². The zero-order valence-corrected chi connectivity index (χ0v) is 27.9. The van der Waals surface area contributed by atoms with E-state index in [-0.39, 0.29) is 18.0 Å². The van der Waals surface area contributed by atoms with Crippen LogP contribution in [0, 0.1) is 13.8 Å². The third-order valence-electron chi connectivity index (χ3n) is 10.1. The molecule has 4 heterocycles. The van der Waals surface area contributed by atoms with Crippen LogP contribution in [0.4, 0.5) is 5.69 Å². The van der Waals surface area contributed by atoms with Crippen LogP contribution in [0.3, 0.4) is 0 Å². The number of nitrogens with one attached hydrogen (secondary N) is 2. The second kappa shape index (κ2) is 14.5. The minimum atomic E-state index is -0.158. The van der Waals surface area contributed by atoms with Crippen LogP contribution in [0.5, 0.6) is 0 Å². The number of nitrogens with zero attached hydrogens (tertiary/aromatic N) is 3. The molecule has 1 aromatic heterocycles. The van der Waals surface area contributed by atoms with Crippen LogP contribution < -0.4 is 15.8 Å². The monoisotopic (exact) mass is 627 g/mol. The third kappa shape index (κ3) is 7.08. The SMILES string of the molecule is CCN(c1cc(-c2ccc(CN3CCOCC3)cc2)cc(C(=O)NCc2c3c(c(C)[nH]c2=O)CN(C)CC3)c1C)C1CCOCC1. The molecule has 3 aliphatic rings. The molecule has 2 saturated heterocycles. The van der Waals surface area contributed by atoms with E-state index in [0.29, 0.717) is 17.2 Å². The van der Waals surface area contributed by atoms with Crippen molar-refractivity contribution in [3.05, 3.63) is 85.8 Å². The Morgan fingerprint density at radius 3 is 2.41 bits per heavy atom. The molecular weight excluding hydrogens is 578 g/mol. The van der Waals surface area contributed by atoms with Crippen LogP contribution in [0.25, 0.3) is 11.1 Å². The largest absolute Gasteiger partial charge is 0.381 e. The molecule has 0 unspecified atom stereocenters. The van der Waals surface area contributed by atoms with Crippen LogP contribution in [0.2, 0.25) is 0 Å². The number of amides is 1. The van der Waals surface area contributed by atoms with Gasteiger partial charge in [-0.05, 0) is 92.6 Å². The van der Waals surface area contributed by atoms with Crippen LogP contribution in [0.15, 0.2) is 41.2 Å². The summed E-state index contributed by atoms with van der Waals surface area (Å²) in [6.07, 6.45) is 2.73. The number of aromatic nitrogens is 1.